The van der Waals surface area contributed by atoms with Gasteiger partial charge >= 0.3 is 12.4 Å². The molecule has 8 heteroatoms. The van der Waals surface area contributed by atoms with Gasteiger partial charge in [-0.05, 0) is 35.4 Å². The number of halogens is 6. The van der Waals surface area contributed by atoms with Crippen molar-refractivity contribution >= 4 is 0 Å². The molecule has 0 N–H and O–H groups in total. The van der Waals surface area contributed by atoms with E-state index in [-0.39, 0.29) is 0 Å². The molecule has 1 saturated heterocycles. The SMILES string of the molecule is FC(F)(F)c1ccc(CN2CCN(Cc3ccc(C(F)(F)F)cc3)CC2)cc1. The third kappa shape index (κ3) is 5.48. The molecule has 1 heterocycles. The van der Waals surface area contributed by atoms with E-state index in [0.717, 1.165) is 61.6 Å². The standard InChI is InChI=1S/C20H20F6N2/c21-19(22,23)17-5-1-15(2-6-17)13-27-9-11-28(12-10-27)14-16-3-7-18(8-4-16)20(24,25)26/h1-8H,9-14H2. The summed E-state index contributed by atoms with van der Waals surface area (Å²) >= 11 is 0. The van der Waals surface area contributed by atoms with Crippen LogP contribution < -0.4 is 0 Å². The van der Waals surface area contributed by atoms with Crippen molar-refractivity contribution in [3.8, 4) is 0 Å². The Kier molecular flexibility index (Phi) is 6.00. The predicted molar refractivity (Wildman–Crippen MR) is 93.4 cm³/mol. The average molecular weight is 402 g/mol. The molecule has 28 heavy (non-hydrogen) atoms. The number of nitrogens with zero attached hydrogens (tertiary/aromatic N) is 2. The second-order valence-electron chi connectivity index (χ2n) is 6.94. The van der Waals surface area contributed by atoms with Gasteiger partial charge in [-0.3, -0.25) is 9.80 Å². The molecule has 2 aromatic rings. The normalized spacial score (nSPS) is 17.1. The zero-order valence-electron chi connectivity index (χ0n) is 15.0. The summed E-state index contributed by atoms with van der Waals surface area (Å²) in [6.45, 7) is 4.16. The summed E-state index contributed by atoms with van der Waals surface area (Å²) in [4.78, 5) is 4.32. The number of benzene rings is 2. The van der Waals surface area contributed by atoms with Crippen LogP contribution in [0.2, 0.25) is 0 Å². The summed E-state index contributed by atoms with van der Waals surface area (Å²) in [6.07, 6.45) is -8.66. The fourth-order valence-electron chi connectivity index (χ4n) is 3.22. The van der Waals surface area contributed by atoms with Gasteiger partial charge in [0, 0.05) is 39.3 Å². The van der Waals surface area contributed by atoms with Crippen LogP contribution in [0.4, 0.5) is 26.3 Å². The van der Waals surface area contributed by atoms with Gasteiger partial charge in [0.2, 0.25) is 0 Å². The molecular formula is C20H20F6N2. The smallest absolute Gasteiger partial charge is 0.297 e. The van der Waals surface area contributed by atoms with E-state index in [1.54, 1.807) is 0 Å². The van der Waals surface area contributed by atoms with Gasteiger partial charge in [0.15, 0.2) is 0 Å². The highest BCUT2D eigenvalue weighted by molar-refractivity contribution is 5.25. The second kappa shape index (κ2) is 8.13. The fraction of sp³-hybridized carbons (Fsp3) is 0.400. The van der Waals surface area contributed by atoms with Crippen LogP contribution in [-0.2, 0) is 25.4 Å². The Balaban J connectivity index is 1.48. The molecule has 3 rings (SSSR count). The lowest BCUT2D eigenvalue weighted by Gasteiger charge is -2.34. The minimum absolute atomic E-state index is 0.576. The highest BCUT2D eigenvalue weighted by atomic mass is 19.4. The minimum Gasteiger partial charge on any atom is -0.297 e. The highest BCUT2D eigenvalue weighted by Crippen LogP contribution is 2.30. The van der Waals surface area contributed by atoms with Gasteiger partial charge in [-0.25, -0.2) is 0 Å². The molecule has 2 nitrogen and oxygen atoms in total. The minimum atomic E-state index is -4.33. The molecule has 0 amide bonds. The molecule has 0 saturated carbocycles. The van der Waals surface area contributed by atoms with Crippen molar-refractivity contribution in [3.05, 3.63) is 70.8 Å². The van der Waals surface area contributed by atoms with Crippen LogP contribution in [-0.4, -0.2) is 36.0 Å². The van der Waals surface area contributed by atoms with E-state index >= 15 is 0 Å². The lowest BCUT2D eigenvalue weighted by molar-refractivity contribution is -0.138. The highest BCUT2D eigenvalue weighted by Gasteiger charge is 2.31. The van der Waals surface area contributed by atoms with Crippen molar-refractivity contribution in [2.24, 2.45) is 0 Å². The van der Waals surface area contributed by atoms with Crippen molar-refractivity contribution in [2.45, 2.75) is 25.4 Å². The van der Waals surface area contributed by atoms with Crippen molar-refractivity contribution in [3.63, 3.8) is 0 Å². The summed E-state index contributed by atoms with van der Waals surface area (Å²) in [5, 5.41) is 0. The first-order valence-electron chi connectivity index (χ1n) is 8.88. The zero-order valence-corrected chi connectivity index (χ0v) is 15.0. The fourth-order valence-corrected chi connectivity index (χ4v) is 3.22. The molecule has 2 aromatic carbocycles. The van der Waals surface area contributed by atoms with Crippen LogP contribution in [0.15, 0.2) is 48.5 Å². The Hall–Kier alpha value is -2.06. The first-order chi connectivity index (χ1) is 13.1. The van der Waals surface area contributed by atoms with Gasteiger partial charge in [0.05, 0.1) is 11.1 Å². The number of rotatable bonds is 4. The number of piperazine rings is 1. The number of hydrogen-bond acceptors (Lipinski definition) is 2. The van der Waals surface area contributed by atoms with Crippen LogP contribution in [0.5, 0.6) is 0 Å². The maximum atomic E-state index is 12.6. The average Bonchev–Trinajstić information content (AvgIpc) is 2.63. The van der Waals surface area contributed by atoms with E-state index in [1.165, 1.54) is 24.3 Å². The third-order valence-corrected chi connectivity index (χ3v) is 4.84. The van der Waals surface area contributed by atoms with E-state index in [1.807, 2.05) is 0 Å². The summed E-state index contributed by atoms with van der Waals surface area (Å²) in [6, 6.07) is 10.4. The third-order valence-electron chi connectivity index (χ3n) is 4.84. The molecule has 0 spiro atoms. The number of hydrogen-bond donors (Lipinski definition) is 0. The quantitative estimate of drug-likeness (QED) is 0.661. The molecule has 0 aromatic heterocycles. The molecule has 0 atom stereocenters. The van der Waals surface area contributed by atoms with Gasteiger partial charge in [-0.1, -0.05) is 24.3 Å². The molecular weight excluding hydrogens is 382 g/mol. The molecule has 0 aliphatic carbocycles. The monoisotopic (exact) mass is 402 g/mol. The van der Waals surface area contributed by atoms with Crippen LogP contribution in [0.3, 0.4) is 0 Å². The van der Waals surface area contributed by atoms with E-state index in [9.17, 15) is 26.3 Å². The Morgan fingerprint density at radius 1 is 0.536 bits per heavy atom. The van der Waals surface area contributed by atoms with E-state index < -0.39 is 23.5 Å². The molecule has 1 aliphatic rings. The van der Waals surface area contributed by atoms with Gasteiger partial charge in [-0.15, -0.1) is 0 Å². The lowest BCUT2D eigenvalue weighted by atomic mass is 10.1. The second-order valence-corrected chi connectivity index (χ2v) is 6.94. The summed E-state index contributed by atoms with van der Waals surface area (Å²) in [7, 11) is 0. The van der Waals surface area contributed by atoms with Crippen LogP contribution in [0, 0.1) is 0 Å². The molecule has 0 bridgehead atoms. The van der Waals surface area contributed by atoms with Gasteiger partial charge < -0.3 is 0 Å². The first kappa shape index (κ1) is 20.7. The largest absolute Gasteiger partial charge is 0.416 e. The summed E-state index contributed by atoms with van der Waals surface area (Å²) in [5.41, 5.74) is 0.337. The topological polar surface area (TPSA) is 6.48 Å². The molecule has 0 unspecified atom stereocenters. The maximum Gasteiger partial charge on any atom is 0.416 e. The predicted octanol–water partition coefficient (Wildman–Crippen LogP) is 5.04. The Labute approximate surface area is 159 Å². The van der Waals surface area contributed by atoms with Crippen molar-refractivity contribution in [1.82, 2.24) is 9.80 Å². The van der Waals surface area contributed by atoms with Crippen LogP contribution in [0.1, 0.15) is 22.3 Å². The number of alkyl halides is 6. The van der Waals surface area contributed by atoms with Gasteiger partial charge in [-0.2, -0.15) is 26.3 Å². The Morgan fingerprint density at radius 2 is 0.821 bits per heavy atom. The Morgan fingerprint density at radius 3 is 1.07 bits per heavy atom. The van der Waals surface area contributed by atoms with Crippen molar-refractivity contribution in [1.29, 1.82) is 0 Å². The molecule has 0 radical (unpaired) electrons. The Bertz CT molecular complexity index is 690. The van der Waals surface area contributed by atoms with Crippen molar-refractivity contribution in [2.75, 3.05) is 26.2 Å². The lowest BCUT2D eigenvalue weighted by Crippen LogP contribution is -2.45. The maximum absolute atomic E-state index is 12.6. The molecule has 1 fully saturated rings. The summed E-state index contributed by atoms with van der Waals surface area (Å²) < 4.78 is 75.7. The molecule has 1 aliphatic heterocycles. The van der Waals surface area contributed by atoms with Crippen LogP contribution >= 0.6 is 0 Å². The zero-order chi connectivity index (χ0) is 20.4. The van der Waals surface area contributed by atoms with E-state index in [0.29, 0.717) is 13.1 Å². The van der Waals surface area contributed by atoms with E-state index in [4.69, 9.17) is 0 Å². The van der Waals surface area contributed by atoms with E-state index in [2.05, 4.69) is 9.80 Å². The van der Waals surface area contributed by atoms with Gasteiger partial charge in [0.1, 0.15) is 0 Å². The van der Waals surface area contributed by atoms with Crippen molar-refractivity contribution < 1.29 is 26.3 Å². The first-order valence-corrected chi connectivity index (χ1v) is 8.88. The molecule has 152 valence electrons. The van der Waals surface area contributed by atoms with Crippen LogP contribution in [0.25, 0.3) is 0 Å². The van der Waals surface area contributed by atoms with Gasteiger partial charge in [0.25, 0.3) is 0 Å². The summed E-state index contributed by atoms with van der Waals surface area (Å²) in [5.74, 6) is 0.